The first-order valence-electron chi connectivity index (χ1n) is 3.79. The number of hydrogen-bond acceptors (Lipinski definition) is 2. The Kier molecular flexibility index (Phi) is 3.38. The van der Waals surface area contributed by atoms with Gasteiger partial charge >= 0.3 is 0 Å². The lowest BCUT2D eigenvalue weighted by molar-refractivity contribution is 0.134. The highest BCUT2D eigenvalue weighted by Crippen LogP contribution is 2.21. The zero-order valence-electron chi connectivity index (χ0n) is 6.88. The third kappa shape index (κ3) is 2.40. The molecule has 0 bridgehead atoms. The second-order valence-electron chi connectivity index (χ2n) is 2.41. The van der Waals surface area contributed by atoms with Crippen LogP contribution in [-0.2, 0) is 11.3 Å². The molecular weight excluding hydrogens is 176 g/mol. The van der Waals surface area contributed by atoms with Gasteiger partial charge in [-0.1, -0.05) is 17.7 Å². The largest absolute Gasteiger partial charge is 0.508 e. The normalized spacial score (nSPS) is 10.2. The molecule has 0 unspecified atom stereocenters. The lowest BCUT2D eigenvalue weighted by atomic mass is 10.2. The Morgan fingerprint density at radius 1 is 1.50 bits per heavy atom. The summed E-state index contributed by atoms with van der Waals surface area (Å²) in [5.41, 5.74) is 0.899. The monoisotopic (exact) mass is 186 g/mol. The van der Waals surface area contributed by atoms with E-state index in [1.807, 2.05) is 6.92 Å². The molecule has 0 amide bonds. The van der Waals surface area contributed by atoms with Crippen molar-refractivity contribution in [2.45, 2.75) is 13.5 Å². The van der Waals surface area contributed by atoms with Crippen LogP contribution in [0.25, 0.3) is 0 Å². The number of rotatable bonds is 3. The molecule has 2 nitrogen and oxygen atoms in total. The maximum absolute atomic E-state index is 9.04. The highest BCUT2D eigenvalue weighted by Gasteiger charge is 2.00. The van der Waals surface area contributed by atoms with Gasteiger partial charge < -0.3 is 9.84 Å². The minimum Gasteiger partial charge on any atom is -0.508 e. The molecule has 1 aromatic carbocycles. The molecule has 1 N–H and O–H groups in total. The number of ether oxygens (including phenoxy) is 1. The molecule has 0 atom stereocenters. The van der Waals surface area contributed by atoms with Gasteiger partial charge in [0.1, 0.15) is 5.75 Å². The van der Waals surface area contributed by atoms with E-state index in [4.69, 9.17) is 21.4 Å². The first kappa shape index (κ1) is 9.36. The van der Waals surface area contributed by atoms with E-state index >= 15 is 0 Å². The fraction of sp³-hybridized carbons (Fsp3) is 0.333. The summed E-state index contributed by atoms with van der Waals surface area (Å²) in [6.07, 6.45) is 0. The van der Waals surface area contributed by atoms with Crippen LogP contribution < -0.4 is 0 Å². The summed E-state index contributed by atoms with van der Waals surface area (Å²) in [5.74, 6) is 0.181. The minimum absolute atomic E-state index is 0.181. The number of phenols is 1. The fourth-order valence-electron chi connectivity index (χ4n) is 0.865. The lowest BCUT2D eigenvalue weighted by Gasteiger charge is -2.03. The topological polar surface area (TPSA) is 29.5 Å². The van der Waals surface area contributed by atoms with E-state index in [1.165, 1.54) is 6.07 Å². The molecular formula is C9H11ClO2. The SMILES string of the molecule is CCOCc1ccc(O)cc1Cl. The van der Waals surface area contributed by atoms with Crippen molar-refractivity contribution < 1.29 is 9.84 Å². The number of phenolic OH excluding ortho intramolecular Hbond substituents is 1. The summed E-state index contributed by atoms with van der Waals surface area (Å²) in [5, 5.41) is 9.58. The fourth-order valence-corrected chi connectivity index (χ4v) is 1.09. The number of aromatic hydroxyl groups is 1. The van der Waals surface area contributed by atoms with Crippen LogP contribution in [-0.4, -0.2) is 11.7 Å². The van der Waals surface area contributed by atoms with E-state index in [0.717, 1.165) is 5.56 Å². The van der Waals surface area contributed by atoms with Gasteiger partial charge in [0.15, 0.2) is 0 Å². The molecule has 1 rings (SSSR count). The van der Waals surface area contributed by atoms with Crippen molar-refractivity contribution in [3.63, 3.8) is 0 Å². The van der Waals surface area contributed by atoms with Gasteiger partial charge in [-0.15, -0.1) is 0 Å². The summed E-state index contributed by atoms with van der Waals surface area (Å²) in [6.45, 7) is 3.08. The molecule has 0 saturated heterocycles. The first-order chi connectivity index (χ1) is 5.74. The van der Waals surface area contributed by atoms with E-state index in [0.29, 0.717) is 18.2 Å². The van der Waals surface area contributed by atoms with E-state index in [-0.39, 0.29) is 5.75 Å². The molecule has 3 heteroatoms. The Labute approximate surface area is 76.7 Å². The van der Waals surface area contributed by atoms with Gasteiger partial charge in [-0.3, -0.25) is 0 Å². The van der Waals surface area contributed by atoms with Crippen LogP contribution in [0.2, 0.25) is 5.02 Å². The number of hydrogen-bond donors (Lipinski definition) is 1. The van der Waals surface area contributed by atoms with Crippen LogP contribution in [0.1, 0.15) is 12.5 Å². The second kappa shape index (κ2) is 4.33. The van der Waals surface area contributed by atoms with Crippen LogP contribution in [0.4, 0.5) is 0 Å². The molecule has 0 aliphatic carbocycles. The van der Waals surface area contributed by atoms with Gasteiger partial charge in [-0.2, -0.15) is 0 Å². The van der Waals surface area contributed by atoms with Gasteiger partial charge in [0.2, 0.25) is 0 Å². The molecule has 0 aliphatic heterocycles. The van der Waals surface area contributed by atoms with Crippen molar-refractivity contribution in [1.29, 1.82) is 0 Å². The first-order valence-corrected chi connectivity index (χ1v) is 4.17. The third-order valence-corrected chi connectivity index (χ3v) is 1.85. The van der Waals surface area contributed by atoms with Gasteiger partial charge in [0.05, 0.1) is 6.61 Å². The van der Waals surface area contributed by atoms with E-state index in [2.05, 4.69) is 0 Å². The Morgan fingerprint density at radius 2 is 2.25 bits per heavy atom. The molecule has 0 spiro atoms. The summed E-state index contributed by atoms with van der Waals surface area (Å²) in [6, 6.07) is 4.86. The Balaban J connectivity index is 2.72. The van der Waals surface area contributed by atoms with E-state index in [9.17, 15) is 0 Å². The van der Waals surface area contributed by atoms with Crippen LogP contribution in [0.5, 0.6) is 5.75 Å². The Hall–Kier alpha value is -0.730. The predicted octanol–water partition coefficient (Wildman–Crippen LogP) is 2.58. The number of halogens is 1. The maximum atomic E-state index is 9.04. The maximum Gasteiger partial charge on any atom is 0.117 e. The van der Waals surface area contributed by atoms with Gasteiger partial charge in [-0.25, -0.2) is 0 Å². The lowest BCUT2D eigenvalue weighted by Crippen LogP contribution is -1.92. The van der Waals surface area contributed by atoms with Gasteiger partial charge in [-0.05, 0) is 24.6 Å². The Bertz CT molecular complexity index is 261. The molecule has 0 aliphatic rings. The van der Waals surface area contributed by atoms with Crippen molar-refractivity contribution >= 4 is 11.6 Å². The van der Waals surface area contributed by atoms with Crippen molar-refractivity contribution in [1.82, 2.24) is 0 Å². The standard InChI is InChI=1S/C9H11ClO2/c1-2-12-6-7-3-4-8(11)5-9(7)10/h3-5,11H,2,6H2,1H3. The summed E-state index contributed by atoms with van der Waals surface area (Å²) < 4.78 is 5.17. The molecule has 0 heterocycles. The van der Waals surface area contributed by atoms with Crippen molar-refractivity contribution in [3.8, 4) is 5.75 Å². The van der Waals surface area contributed by atoms with E-state index in [1.54, 1.807) is 12.1 Å². The zero-order valence-corrected chi connectivity index (χ0v) is 7.64. The molecule has 1 aromatic rings. The average Bonchev–Trinajstić information content (AvgIpc) is 2.03. The molecule has 66 valence electrons. The highest BCUT2D eigenvalue weighted by molar-refractivity contribution is 6.31. The van der Waals surface area contributed by atoms with Gasteiger partial charge in [0, 0.05) is 11.6 Å². The van der Waals surface area contributed by atoms with E-state index < -0.39 is 0 Å². The van der Waals surface area contributed by atoms with Crippen molar-refractivity contribution in [3.05, 3.63) is 28.8 Å². The third-order valence-electron chi connectivity index (χ3n) is 1.50. The molecule has 12 heavy (non-hydrogen) atoms. The quantitative estimate of drug-likeness (QED) is 0.787. The molecule has 0 radical (unpaired) electrons. The molecule has 0 fully saturated rings. The molecule has 0 saturated carbocycles. The smallest absolute Gasteiger partial charge is 0.117 e. The average molecular weight is 187 g/mol. The summed E-state index contributed by atoms with van der Waals surface area (Å²) in [7, 11) is 0. The van der Waals surface area contributed by atoms with Crippen molar-refractivity contribution in [2.75, 3.05) is 6.61 Å². The minimum atomic E-state index is 0.181. The van der Waals surface area contributed by atoms with Crippen molar-refractivity contribution in [2.24, 2.45) is 0 Å². The highest BCUT2D eigenvalue weighted by atomic mass is 35.5. The van der Waals surface area contributed by atoms with Crippen LogP contribution in [0.3, 0.4) is 0 Å². The Morgan fingerprint density at radius 3 is 2.83 bits per heavy atom. The second-order valence-corrected chi connectivity index (χ2v) is 2.82. The molecule has 0 aromatic heterocycles. The van der Waals surface area contributed by atoms with Gasteiger partial charge in [0.25, 0.3) is 0 Å². The van der Waals surface area contributed by atoms with Crippen LogP contribution in [0, 0.1) is 0 Å². The summed E-state index contributed by atoms with van der Waals surface area (Å²) >= 11 is 5.83. The predicted molar refractivity (Wildman–Crippen MR) is 48.4 cm³/mol. The van der Waals surface area contributed by atoms with Crippen LogP contribution in [0.15, 0.2) is 18.2 Å². The zero-order chi connectivity index (χ0) is 8.97. The number of benzene rings is 1. The van der Waals surface area contributed by atoms with Crippen LogP contribution >= 0.6 is 11.6 Å². The summed E-state index contributed by atoms with van der Waals surface area (Å²) in [4.78, 5) is 0.